The second-order valence-corrected chi connectivity index (χ2v) is 4.67. The van der Waals surface area contributed by atoms with Gasteiger partial charge in [0.1, 0.15) is 0 Å². The number of amides is 1. The molecule has 0 saturated heterocycles. The number of anilines is 3. The third kappa shape index (κ3) is 4.42. The second kappa shape index (κ2) is 6.65. The lowest BCUT2D eigenvalue weighted by Crippen LogP contribution is -2.07. The zero-order valence-electron chi connectivity index (χ0n) is 12.3. The first-order chi connectivity index (χ1) is 10.1. The van der Waals surface area contributed by atoms with Gasteiger partial charge in [-0.2, -0.15) is 0 Å². The van der Waals surface area contributed by atoms with Crippen LogP contribution in [-0.4, -0.2) is 15.9 Å². The quantitative estimate of drug-likeness (QED) is 0.844. The topological polar surface area (TPSA) is 66.9 Å². The van der Waals surface area contributed by atoms with Crippen LogP contribution in [0.25, 0.3) is 0 Å². The van der Waals surface area contributed by atoms with Crippen molar-refractivity contribution in [2.75, 3.05) is 10.6 Å². The largest absolute Gasteiger partial charge is 0.324 e. The number of rotatable bonds is 4. The highest BCUT2D eigenvalue weighted by Gasteiger charge is 2.01. The summed E-state index contributed by atoms with van der Waals surface area (Å²) in [5.74, 6) is 0.425. The zero-order chi connectivity index (χ0) is 15.2. The van der Waals surface area contributed by atoms with Crippen molar-refractivity contribution in [3.63, 3.8) is 0 Å². The van der Waals surface area contributed by atoms with Crippen molar-refractivity contribution in [1.29, 1.82) is 0 Å². The van der Waals surface area contributed by atoms with Crippen LogP contribution in [0.1, 0.15) is 18.3 Å². The van der Waals surface area contributed by atoms with E-state index in [1.165, 1.54) is 6.08 Å². The third-order valence-corrected chi connectivity index (χ3v) is 2.71. The molecular formula is C16H18N4O. The maximum Gasteiger partial charge on any atom is 0.248 e. The molecule has 2 rings (SSSR count). The maximum absolute atomic E-state index is 11.4. The van der Waals surface area contributed by atoms with Gasteiger partial charge in [-0.3, -0.25) is 4.79 Å². The lowest BCUT2D eigenvalue weighted by atomic mass is 10.2. The smallest absolute Gasteiger partial charge is 0.248 e. The molecule has 1 heterocycles. The van der Waals surface area contributed by atoms with Crippen molar-refractivity contribution in [2.24, 2.45) is 0 Å². The monoisotopic (exact) mass is 282 g/mol. The van der Waals surface area contributed by atoms with Crippen molar-refractivity contribution < 1.29 is 4.79 Å². The number of aromatic nitrogens is 2. The highest BCUT2D eigenvalue weighted by Crippen LogP contribution is 2.17. The van der Waals surface area contributed by atoms with Crippen LogP contribution in [0.4, 0.5) is 17.3 Å². The predicted molar refractivity (Wildman–Crippen MR) is 84.7 cm³/mol. The molecule has 0 unspecified atom stereocenters. The van der Waals surface area contributed by atoms with Gasteiger partial charge in [-0.05, 0) is 57.2 Å². The average Bonchev–Trinajstić information content (AvgIpc) is 2.40. The summed E-state index contributed by atoms with van der Waals surface area (Å²) in [6.07, 6.45) is 3.18. The Labute approximate surface area is 124 Å². The minimum Gasteiger partial charge on any atom is -0.324 e. The van der Waals surface area contributed by atoms with E-state index in [4.69, 9.17) is 0 Å². The van der Waals surface area contributed by atoms with Gasteiger partial charge in [-0.1, -0.05) is 6.08 Å². The average molecular weight is 282 g/mol. The van der Waals surface area contributed by atoms with Gasteiger partial charge in [0.2, 0.25) is 11.9 Å². The molecule has 0 aliphatic rings. The van der Waals surface area contributed by atoms with Crippen LogP contribution in [0.15, 0.2) is 42.5 Å². The van der Waals surface area contributed by atoms with Gasteiger partial charge in [0.15, 0.2) is 0 Å². The lowest BCUT2D eigenvalue weighted by molar-refractivity contribution is -0.111. The van der Waals surface area contributed by atoms with Crippen molar-refractivity contribution in [3.05, 3.63) is 53.9 Å². The van der Waals surface area contributed by atoms with Crippen LogP contribution in [0, 0.1) is 13.8 Å². The van der Waals surface area contributed by atoms with Gasteiger partial charge in [0, 0.05) is 22.8 Å². The summed E-state index contributed by atoms with van der Waals surface area (Å²) in [6, 6.07) is 9.31. The fourth-order valence-electron chi connectivity index (χ4n) is 1.88. The number of hydrogen-bond donors (Lipinski definition) is 2. The molecule has 2 N–H and O–H groups in total. The second-order valence-electron chi connectivity index (χ2n) is 4.67. The molecule has 0 aliphatic carbocycles. The molecule has 2 aromatic rings. The lowest BCUT2D eigenvalue weighted by Gasteiger charge is -2.08. The van der Waals surface area contributed by atoms with Gasteiger partial charge in [0.05, 0.1) is 0 Å². The first-order valence-corrected chi connectivity index (χ1v) is 6.70. The van der Waals surface area contributed by atoms with Crippen LogP contribution < -0.4 is 10.6 Å². The highest BCUT2D eigenvalue weighted by molar-refractivity contribution is 5.99. The van der Waals surface area contributed by atoms with Crippen molar-refractivity contribution >= 4 is 23.2 Å². The Morgan fingerprint density at radius 1 is 1.05 bits per heavy atom. The Kier molecular flexibility index (Phi) is 4.66. The molecular weight excluding hydrogens is 264 g/mol. The molecule has 5 nitrogen and oxygen atoms in total. The minimum absolute atomic E-state index is 0.143. The van der Waals surface area contributed by atoms with Crippen LogP contribution in [0.3, 0.4) is 0 Å². The molecule has 0 bridgehead atoms. The van der Waals surface area contributed by atoms with Crippen LogP contribution in [-0.2, 0) is 4.79 Å². The molecule has 1 aromatic carbocycles. The molecule has 108 valence electrons. The van der Waals surface area contributed by atoms with Crippen molar-refractivity contribution in [2.45, 2.75) is 20.8 Å². The van der Waals surface area contributed by atoms with Crippen LogP contribution in [0.2, 0.25) is 0 Å². The Bertz CT molecular complexity index is 642. The molecule has 1 amide bonds. The van der Waals surface area contributed by atoms with Gasteiger partial charge < -0.3 is 10.6 Å². The van der Waals surface area contributed by atoms with Gasteiger partial charge in [-0.15, -0.1) is 0 Å². The fourth-order valence-corrected chi connectivity index (χ4v) is 1.88. The van der Waals surface area contributed by atoms with E-state index in [1.807, 2.05) is 44.2 Å². The molecule has 0 saturated carbocycles. The summed E-state index contributed by atoms with van der Waals surface area (Å²) in [5, 5.41) is 5.91. The normalized spacial score (nSPS) is 10.6. The van der Waals surface area contributed by atoms with E-state index in [1.54, 1.807) is 13.0 Å². The summed E-state index contributed by atoms with van der Waals surface area (Å²) >= 11 is 0. The summed E-state index contributed by atoms with van der Waals surface area (Å²) in [5.41, 5.74) is 3.44. The Balaban J connectivity index is 2.07. The van der Waals surface area contributed by atoms with E-state index < -0.39 is 0 Å². The summed E-state index contributed by atoms with van der Waals surface area (Å²) < 4.78 is 0. The number of carbonyl (C=O) groups is 1. The number of nitrogens with one attached hydrogen (secondary N) is 2. The number of benzene rings is 1. The first kappa shape index (κ1) is 14.7. The predicted octanol–water partition coefficient (Wildman–Crippen LogP) is 3.35. The SMILES string of the molecule is C/C=C/C(=O)Nc1ccc(Nc2nc(C)cc(C)n2)cc1. The number of aryl methyl sites for hydroxylation is 2. The van der Waals surface area contributed by atoms with Gasteiger partial charge >= 0.3 is 0 Å². The minimum atomic E-state index is -0.143. The van der Waals surface area contributed by atoms with Crippen LogP contribution >= 0.6 is 0 Å². The molecule has 0 spiro atoms. The summed E-state index contributed by atoms with van der Waals surface area (Å²) in [4.78, 5) is 20.1. The first-order valence-electron chi connectivity index (χ1n) is 6.70. The Hall–Kier alpha value is -2.69. The highest BCUT2D eigenvalue weighted by atomic mass is 16.1. The number of hydrogen-bond acceptors (Lipinski definition) is 4. The van der Waals surface area contributed by atoms with Crippen LogP contribution in [0.5, 0.6) is 0 Å². The summed E-state index contributed by atoms with van der Waals surface area (Å²) in [7, 11) is 0. The number of carbonyl (C=O) groups excluding carboxylic acids is 1. The number of nitrogens with zero attached hydrogens (tertiary/aromatic N) is 2. The molecule has 0 atom stereocenters. The molecule has 21 heavy (non-hydrogen) atoms. The zero-order valence-corrected chi connectivity index (χ0v) is 12.3. The van der Waals surface area contributed by atoms with Gasteiger partial charge in [-0.25, -0.2) is 9.97 Å². The maximum atomic E-state index is 11.4. The van der Waals surface area contributed by atoms with Crippen molar-refractivity contribution in [1.82, 2.24) is 9.97 Å². The molecule has 1 aromatic heterocycles. The molecule has 5 heteroatoms. The van der Waals surface area contributed by atoms with E-state index in [0.717, 1.165) is 22.8 Å². The van der Waals surface area contributed by atoms with E-state index in [9.17, 15) is 4.79 Å². The third-order valence-electron chi connectivity index (χ3n) is 2.71. The molecule has 0 fully saturated rings. The van der Waals surface area contributed by atoms with Crippen molar-refractivity contribution in [3.8, 4) is 0 Å². The Morgan fingerprint density at radius 3 is 2.19 bits per heavy atom. The van der Waals surface area contributed by atoms with E-state index in [-0.39, 0.29) is 5.91 Å². The van der Waals surface area contributed by atoms with Gasteiger partial charge in [0.25, 0.3) is 0 Å². The number of allylic oxidation sites excluding steroid dienone is 1. The molecule has 0 aliphatic heterocycles. The molecule has 0 radical (unpaired) electrons. The van der Waals surface area contributed by atoms with E-state index in [0.29, 0.717) is 5.95 Å². The van der Waals surface area contributed by atoms with E-state index >= 15 is 0 Å². The fraction of sp³-hybridized carbons (Fsp3) is 0.188. The Morgan fingerprint density at radius 2 is 1.62 bits per heavy atom. The summed E-state index contributed by atoms with van der Waals surface area (Å²) in [6.45, 7) is 5.66. The standard InChI is InChI=1S/C16H18N4O/c1-4-5-15(21)19-13-6-8-14(9-7-13)20-16-17-11(2)10-12(3)18-16/h4-10H,1-3H3,(H,19,21)(H,17,18,20)/b5-4+. The van der Waals surface area contributed by atoms with E-state index in [2.05, 4.69) is 20.6 Å².